The van der Waals surface area contributed by atoms with Crippen LogP contribution in [0.1, 0.15) is 32.6 Å². The van der Waals surface area contributed by atoms with Crippen molar-refractivity contribution >= 4 is 15.9 Å². The molecule has 0 amide bonds. The molecule has 3 aliphatic rings. The van der Waals surface area contributed by atoms with Crippen molar-refractivity contribution in [1.82, 2.24) is 0 Å². The smallest absolute Gasteiger partial charge is 0.284 e. The summed E-state index contributed by atoms with van der Waals surface area (Å²) in [6.45, 7) is 3.20. The molecule has 3 aliphatic heterocycles. The van der Waals surface area contributed by atoms with Crippen molar-refractivity contribution in [3.05, 3.63) is 11.1 Å². The first-order valence-corrected chi connectivity index (χ1v) is 7.22. The molecule has 5 heteroatoms. The van der Waals surface area contributed by atoms with E-state index in [-0.39, 0.29) is 5.41 Å². The lowest BCUT2D eigenvalue weighted by molar-refractivity contribution is -0.482. The van der Waals surface area contributed by atoms with Crippen molar-refractivity contribution in [3.63, 3.8) is 0 Å². The van der Waals surface area contributed by atoms with Crippen LogP contribution in [0.4, 0.5) is 0 Å². The summed E-state index contributed by atoms with van der Waals surface area (Å²) < 4.78 is 17.3. The third-order valence-corrected chi connectivity index (χ3v) is 3.96. The molecule has 0 aromatic rings. The molecule has 0 aliphatic carbocycles. The molecule has 4 nitrogen and oxygen atoms in total. The van der Waals surface area contributed by atoms with Crippen molar-refractivity contribution in [1.29, 1.82) is 5.26 Å². The molecule has 3 saturated heterocycles. The Balaban J connectivity index is 2.07. The summed E-state index contributed by atoms with van der Waals surface area (Å²) in [6, 6.07) is 2.27. The SMILES string of the molecule is CCCC12COC(CCC=CBr)(OC1)OC2C#N. The summed E-state index contributed by atoms with van der Waals surface area (Å²) in [5.41, 5.74) is -0.281. The molecule has 0 radical (unpaired) electrons. The summed E-state index contributed by atoms with van der Waals surface area (Å²) in [7, 11) is 0. The number of rotatable bonds is 5. The van der Waals surface area contributed by atoms with Crippen LogP contribution in [0.3, 0.4) is 0 Å². The van der Waals surface area contributed by atoms with Gasteiger partial charge in [0.25, 0.3) is 5.97 Å². The first-order chi connectivity index (χ1) is 8.70. The van der Waals surface area contributed by atoms with Crippen LogP contribution in [0, 0.1) is 16.7 Å². The van der Waals surface area contributed by atoms with E-state index in [0.717, 1.165) is 19.3 Å². The normalized spacial score (nSPS) is 39.1. The minimum Gasteiger partial charge on any atom is -0.327 e. The second-order valence-corrected chi connectivity index (χ2v) is 5.43. The van der Waals surface area contributed by atoms with Crippen LogP contribution in [0.25, 0.3) is 0 Å². The van der Waals surface area contributed by atoms with Crippen LogP contribution in [-0.2, 0) is 14.2 Å². The number of fused-ring (bicyclic) bond motifs is 3. The summed E-state index contributed by atoms with van der Waals surface area (Å²) >= 11 is 3.22. The maximum absolute atomic E-state index is 9.28. The lowest BCUT2D eigenvalue weighted by Crippen LogP contribution is -2.64. The largest absolute Gasteiger partial charge is 0.327 e. The van der Waals surface area contributed by atoms with Crippen LogP contribution >= 0.6 is 15.9 Å². The molecule has 0 spiro atoms. The molecule has 3 fully saturated rings. The predicted molar refractivity (Wildman–Crippen MR) is 69.8 cm³/mol. The van der Waals surface area contributed by atoms with Crippen molar-refractivity contribution in [2.75, 3.05) is 13.2 Å². The van der Waals surface area contributed by atoms with Gasteiger partial charge in [-0.3, -0.25) is 0 Å². The number of allylic oxidation sites excluding steroid dienone is 1. The van der Waals surface area contributed by atoms with E-state index in [2.05, 4.69) is 28.9 Å². The van der Waals surface area contributed by atoms with Gasteiger partial charge in [0.1, 0.15) is 0 Å². The van der Waals surface area contributed by atoms with Gasteiger partial charge in [0, 0.05) is 6.42 Å². The third-order valence-electron chi connectivity index (χ3n) is 3.58. The van der Waals surface area contributed by atoms with Gasteiger partial charge in [0.2, 0.25) is 0 Å². The van der Waals surface area contributed by atoms with E-state index < -0.39 is 12.1 Å². The zero-order valence-electron chi connectivity index (χ0n) is 10.5. The van der Waals surface area contributed by atoms with Gasteiger partial charge in [0.15, 0.2) is 6.10 Å². The van der Waals surface area contributed by atoms with Crippen LogP contribution in [0.15, 0.2) is 11.1 Å². The maximum Gasteiger partial charge on any atom is 0.284 e. The van der Waals surface area contributed by atoms with Crippen LogP contribution in [-0.4, -0.2) is 25.3 Å². The number of hydrogen-bond donors (Lipinski definition) is 0. The fourth-order valence-electron chi connectivity index (χ4n) is 2.58. The quantitative estimate of drug-likeness (QED) is 0.782. The Hall–Kier alpha value is -0.410. The molecule has 3 rings (SSSR count). The average Bonchev–Trinajstić information content (AvgIpc) is 2.41. The van der Waals surface area contributed by atoms with Gasteiger partial charge in [0.05, 0.1) is 24.7 Å². The highest BCUT2D eigenvalue weighted by Gasteiger charge is 2.57. The van der Waals surface area contributed by atoms with Gasteiger partial charge < -0.3 is 14.2 Å². The molecular formula is C13H18BrNO3. The van der Waals surface area contributed by atoms with Crippen molar-refractivity contribution < 1.29 is 14.2 Å². The highest BCUT2D eigenvalue weighted by atomic mass is 79.9. The fourth-order valence-corrected chi connectivity index (χ4v) is 2.84. The third kappa shape index (κ3) is 2.48. The monoisotopic (exact) mass is 315 g/mol. The maximum atomic E-state index is 9.28. The Morgan fingerprint density at radius 2 is 2.11 bits per heavy atom. The van der Waals surface area contributed by atoms with E-state index in [1.807, 2.05) is 6.08 Å². The second-order valence-electron chi connectivity index (χ2n) is 4.90. The van der Waals surface area contributed by atoms with Gasteiger partial charge in [-0.05, 0) is 17.8 Å². The molecule has 0 aromatic heterocycles. The predicted octanol–water partition coefficient (Wildman–Crippen LogP) is 3.08. The number of nitrogens with zero attached hydrogens (tertiary/aromatic N) is 1. The van der Waals surface area contributed by atoms with Crippen LogP contribution in [0.2, 0.25) is 0 Å². The lowest BCUT2D eigenvalue weighted by atomic mass is 9.78. The first-order valence-electron chi connectivity index (χ1n) is 6.31. The highest BCUT2D eigenvalue weighted by molar-refractivity contribution is 9.11. The van der Waals surface area contributed by atoms with Crippen LogP contribution < -0.4 is 0 Å². The molecule has 18 heavy (non-hydrogen) atoms. The lowest BCUT2D eigenvalue weighted by Gasteiger charge is -2.54. The van der Waals surface area contributed by atoms with E-state index in [4.69, 9.17) is 14.2 Å². The highest BCUT2D eigenvalue weighted by Crippen LogP contribution is 2.47. The molecule has 3 heterocycles. The number of hydrogen-bond acceptors (Lipinski definition) is 4. The zero-order chi connectivity index (χ0) is 13.1. The molecule has 1 atom stereocenters. The van der Waals surface area contributed by atoms with Crippen molar-refractivity contribution in [2.45, 2.75) is 44.7 Å². The van der Waals surface area contributed by atoms with Gasteiger partial charge in [-0.25, -0.2) is 0 Å². The Kier molecular flexibility index (Phi) is 4.44. The molecule has 0 saturated carbocycles. The molecule has 0 aromatic carbocycles. The van der Waals surface area contributed by atoms with Crippen LogP contribution in [0.5, 0.6) is 0 Å². The van der Waals surface area contributed by atoms with Crippen molar-refractivity contribution in [2.24, 2.45) is 5.41 Å². The molecular weight excluding hydrogens is 298 g/mol. The molecule has 2 bridgehead atoms. The Labute approximate surface area is 116 Å². The fraction of sp³-hybridized carbons (Fsp3) is 0.769. The average molecular weight is 316 g/mol. The minimum atomic E-state index is -1.01. The van der Waals surface area contributed by atoms with E-state index in [1.54, 1.807) is 4.99 Å². The topological polar surface area (TPSA) is 51.5 Å². The first kappa shape index (κ1) is 14.0. The van der Waals surface area contributed by atoms with Gasteiger partial charge in [-0.15, -0.1) is 0 Å². The summed E-state index contributed by atoms with van der Waals surface area (Å²) in [5, 5.41) is 9.28. The van der Waals surface area contributed by atoms with E-state index in [9.17, 15) is 5.26 Å². The van der Waals surface area contributed by atoms with E-state index in [1.165, 1.54) is 0 Å². The summed E-state index contributed by atoms with van der Waals surface area (Å²) in [6.07, 6.45) is 4.82. The summed E-state index contributed by atoms with van der Waals surface area (Å²) in [4.78, 5) is 1.80. The number of halogens is 1. The Bertz CT molecular complexity index is 356. The number of nitriles is 1. The molecule has 1 unspecified atom stereocenters. The van der Waals surface area contributed by atoms with Gasteiger partial charge in [-0.2, -0.15) is 5.26 Å². The molecule has 0 N–H and O–H groups in total. The molecule has 100 valence electrons. The minimum absolute atomic E-state index is 0.281. The number of ether oxygens (including phenoxy) is 3. The van der Waals surface area contributed by atoms with E-state index in [0.29, 0.717) is 19.6 Å². The van der Waals surface area contributed by atoms with Gasteiger partial charge >= 0.3 is 0 Å². The van der Waals surface area contributed by atoms with Crippen molar-refractivity contribution in [3.8, 4) is 6.07 Å². The van der Waals surface area contributed by atoms with E-state index >= 15 is 0 Å². The standard InChI is InChI=1S/C13H18BrNO3/c1-2-5-12-9-16-13(17-10-12,6-3-4-7-14)18-11(12)8-15/h4,7,11H,2-3,5-6,9-10H2,1H3. The Morgan fingerprint density at radius 1 is 1.39 bits per heavy atom. The zero-order valence-corrected chi connectivity index (χ0v) is 12.1. The Morgan fingerprint density at radius 3 is 2.67 bits per heavy atom. The second kappa shape index (κ2) is 5.70. The summed E-state index contributed by atoms with van der Waals surface area (Å²) in [5.74, 6) is -1.01. The van der Waals surface area contributed by atoms with Gasteiger partial charge in [-0.1, -0.05) is 35.4 Å².